The maximum Gasteiger partial charge on any atom is 0.409 e. The van der Waals surface area contributed by atoms with E-state index in [0.717, 1.165) is 11.1 Å². The molecule has 0 radical (unpaired) electrons. The van der Waals surface area contributed by atoms with Gasteiger partial charge in [-0.2, -0.15) is 0 Å². The molecule has 1 aliphatic rings. The Hall–Kier alpha value is -5.13. The largest absolute Gasteiger partial charge is 0.492 e. The fourth-order valence-corrected chi connectivity index (χ4v) is 5.97. The van der Waals surface area contributed by atoms with Crippen LogP contribution in [0.5, 0.6) is 5.75 Å². The maximum absolute atomic E-state index is 14.1. The highest BCUT2D eigenvalue weighted by Gasteiger charge is 2.40. The summed E-state index contributed by atoms with van der Waals surface area (Å²) in [6.07, 6.45) is -0.918. The Morgan fingerprint density at radius 1 is 0.894 bits per heavy atom. The van der Waals surface area contributed by atoms with Crippen molar-refractivity contribution in [3.63, 3.8) is 0 Å². The third-order valence-electron chi connectivity index (χ3n) is 8.34. The number of hydrogen-bond donors (Lipinski definition) is 5. The first-order valence-corrected chi connectivity index (χ1v) is 15.4. The van der Waals surface area contributed by atoms with Crippen LogP contribution in [0.3, 0.4) is 0 Å². The number of carbonyl (C=O) groups is 3. The van der Waals surface area contributed by atoms with E-state index in [9.17, 15) is 24.6 Å². The van der Waals surface area contributed by atoms with Gasteiger partial charge in [0.1, 0.15) is 5.60 Å². The van der Waals surface area contributed by atoms with E-state index < -0.39 is 17.7 Å². The number of carbonyl (C=O) groups excluding carboxylic acids is 2. The van der Waals surface area contributed by atoms with Crippen LogP contribution < -0.4 is 20.7 Å². The molecule has 0 aliphatic carbocycles. The zero-order valence-corrected chi connectivity index (χ0v) is 26.9. The van der Waals surface area contributed by atoms with Crippen molar-refractivity contribution >= 4 is 45.9 Å². The summed E-state index contributed by atoms with van der Waals surface area (Å²) in [4.78, 5) is 40.7. The Bertz CT molecular complexity index is 1780. The van der Waals surface area contributed by atoms with Crippen molar-refractivity contribution in [3.8, 4) is 5.75 Å². The molecule has 0 spiro atoms. The third kappa shape index (κ3) is 7.16. The number of aliphatic hydroxyl groups is 1. The number of carboxylic acid groups (broad SMARTS) is 1. The average molecular weight is 641 g/mol. The number of anilines is 3. The number of amides is 4. The number of urea groups is 1. The van der Waals surface area contributed by atoms with Crippen LogP contribution in [-0.2, 0) is 15.8 Å². The summed E-state index contributed by atoms with van der Waals surface area (Å²) in [5.41, 5.74) is 1.94. The molecule has 4 aromatic carbocycles. The molecule has 1 fully saturated rings. The summed E-state index contributed by atoms with van der Waals surface area (Å²) in [6, 6.07) is 23.2. The molecule has 11 nitrogen and oxygen atoms in total. The molecule has 0 saturated carbocycles. The van der Waals surface area contributed by atoms with Crippen molar-refractivity contribution < 1.29 is 34.1 Å². The molecule has 0 bridgehead atoms. The Labute approximate surface area is 273 Å². The zero-order valence-electron chi connectivity index (χ0n) is 26.9. The van der Waals surface area contributed by atoms with E-state index in [2.05, 4.69) is 16.0 Å². The highest BCUT2D eigenvalue weighted by molar-refractivity contribution is 6.13. The number of methoxy groups -OCH3 is 1. The lowest BCUT2D eigenvalue weighted by Crippen LogP contribution is -2.52. The third-order valence-corrected chi connectivity index (χ3v) is 8.34. The van der Waals surface area contributed by atoms with E-state index in [1.165, 1.54) is 7.11 Å². The van der Waals surface area contributed by atoms with Crippen LogP contribution >= 0.6 is 0 Å². The summed E-state index contributed by atoms with van der Waals surface area (Å²) < 4.78 is 11.7. The second kappa shape index (κ2) is 13.7. The quantitative estimate of drug-likeness (QED) is 0.145. The molecular formula is C36H40N4O7. The molecule has 11 heteroatoms. The first-order chi connectivity index (χ1) is 22.5. The Morgan fingerprint density at radius 3 is 2.17 bits per heavy atom. The maximum atomic E-state index is 14.1. The molecular weight excluding hydrogens is 600 g/mol. The lowest BCUT2D eigenvalue weighted by molar-refractivity contribution is -0.115. The van der Waals surface area contributed by atoms with Crippen LogP contribution in [0.2, 0.25) is 0 Å². The summed E-state index contributed by atoms with van der Waals surface area (Å²) >= 11 is 0. The van der Waals surface area contributed by atoms with Gasteiger partial charge in [0.25, 0.3) is 5.91 Å². The lowest BCUT2D eigenvalue weighted by Gasteiger charge is -2.43. The van der Waals surface area contributed by atoms with Gasteiger partial charge in [-0.1, -0.05) is 75.4 Å². The SMILES string of the molecule is COc1c(NC(=O)O)cc(C(C)(C)C)cc1NC(=O)Nc1ccc(C(=O)N2CCOC(CCO)(c3ccccc3)C2)c2ccccc12. The van der Waals surface area contributed by atoms with Crippen molar-refractivity contribution in [2.75, 3.05) is 49.4 Å². The normalized spacial score (nSPS) is 16.4. The monoisotopic (exact) mass is 640 g/mol. The number of benzene rings is 4. The number of nitrogens with zero attached hydrogens (tertiary/aromatic N) is 1. The Kier molecular flexibility index (Phi) is 9.69. The van der Waals surface area contributed by atoms with Crippen LogP contribution in [0.1, 0.15) is 48.7 Å². The van der Waals surface area contributed by atoms with Crippen molar-refractivity contribution in [2.24, 2.45) is 0 Å². The van der Waals surface area contributed by atoms with Crippen molar-refractivity contribution in [1.29, 1.82) is 0 Å². The topological polar surface area (TPSA) is 149 Å². The number of morpholine rings is 1. The first-order valence-electron chi connectivity index (χ1n) is 15.4. The van der Waals surface area contributed by atoms with Crippen LogP contribution in [-0.4, -0.2) is 66.6 Å². The van der Waals surface area contributed by atoms with Crippen LogP contribution in [0.15, 0.2) is 78.9 Å². The lowest BCUT2D eigenvalue weighted by atomic mass is 9.86. The molecule has 1 unspecified atom stereocenters. The van der Waals surface area contributed by atoms with Gasteiger partial charge in [-0.3, -0.25) is 10.1 Å². The second-order valence-electron chi connectivity index (χ2n) is 12.5. The number of aliphatic hydroxyl groups excluding tert-OH is 1. The average Bonchev–Trinajstić information content (AvgIpc) is 3.04. The van der Waals surface area contributed by atoms with Gasteiger partial charge in [-0.15, -0.1) is 0 Å². The van der Waals surface area contributed by atoms with Gasteiger partial charge in [0, 0.05) is 30.5 Å². The highest BCUT2D eigenvalue weighted by atomic mass is 16.5. The molecule has 1 aliphatic heterocycles. The van der Waals surface area contributed by atoms with E-state index >= 15 is 0 Å². The number of ether oxygens (including phenoxy) is 2. The summed E-state index contributed by atoms with van der Waals surface area (Å²) in [7, 11) is 1.40. The number of nitrogens with one attached hydrogen (secondary N) is 3. The molecule has 5 N–H and O–H groups in total. The molecule has 4 aromatic rings. The minimum atomic E-state index is -1.26. The predicted octanol–water partition coefficient (Wildman–Crippen LogP) is 6.63. The standard InChI is InChI=1S/C36H40N4O7/c1-35(2,3)24-20-29(31(46-4)30(21-24)39-34(44)45)38-33(43)37-28-15-14-27(25-12-8-9-13-26(25)28)32(42)40-17-19-47-36(22-40,16-18-41)23-10-6-5-7-11-23/h5-15,20-21,39,41H,16-19,22H2,1-4H3,(H,44,45)(H2,37,38,43). The molecule has 1 saturated heterocycles. The molecule has 1 heterocycles. The van der Waals surface area contributed by atoms with E-state index in [1.807, 2.05) is 75.4 Å². The predicted molar refractivity (Wildman–Crippen MR) is 182 cm³/mol. The van der Waals surface area contributed by atoms with Crippen LogP contribution in [0, 0.1) is 0 Å². The summed E-state index contributed by atoms with van der Waals surface area (Å²) in [5, 5.41) is 28.7. The van der Waals surface area contributed by atoms with E-state index in [-0.39, 0.29) is 41.6 Å². The van der Waals surface area contributed by atoms with E-state index in [1.54, 1.807) is 29.2 Å². The van der Waals surface area contributed by atoms with Crippen molar-refractivity contribution in [3.05, 3.63) is 95.6 Å². The van der Waals surface area contributed by atoms with Gasteiger partial charge in [-0.05, 0) is 46.2 Å². The van der Waals surface area contributed by atoms with E-state index in [0.29, 0.717) is 41.6 Å². The number of hydrogen-bond acceptors (Lipinski definition) is 6. The molecule has 5 rings (SSSR count). The molecule has 1 atom stereocenters. The fraction of sp³-hybridized carbons (Fsp3) is 0.306. The summed E-state index contributed by atoms with van der Waals surface area (Å²) in [6.45, 7) is 6.83. The van der Waals surface area contributed by atoms with Gasteiger partial charge in [0.05, 0.1) is 37.3 Å². The van der Waals surface area contributed by atoms with Gasteiger partial charge in [0.15, 0.2) is 5.75 Å². The van der Waals surface area contributed by atoms with Crippen LogP contribution in [0.4, 0.5) is 26.7 Å². The Balaban J connectivity index is 1.43. The Morgan fingerprint density at radius 2 is 1.53 bits per heavy atom. The minimum absolute atomic E-state index is 0.0912. The van der Waals surface area contributed by atoms with E-state index in [4.69, 9.17) is 9.47 Å². The second-order valence-corrected chi connectivity index (χ2v) is 12.5. The highest BCUT2D eigenvalue weighted by Crippen LogP contribution is 2.39. The fourth-order valence-electron chi connectivity index (χ4n) is 5.97. The van der Waals surface area contributed by atoms with Crippen LogP contribution in [0.25, 0.3) is 10.8 Å². The smallest absolute Gasteiger partial charge is 0.409 e. The number of fused-ring (bicyclic) bond motifs is 1. The van der Waals surface area contributed by atoms with Gasteiger partial charge in [0.2, 0.25) is 0 Å². The molecule has 246 valence electrons. The molecule has 0 aromatic heterocycles. The van der Waals surface area contributed by atoms with Crippen molar-refractivity contribution in [2.45, 2.75) is 38.2 Å². The summed E-state index contributed by atoms with van der Waals surface area (Å²) in [5.74, 6) is -0.0134. The first kappa shape index (κ1) is 33.2. The minimum Gasteiger partial charge on any atom is -0.492 e. The van der Waals surface area contributed by atoms with Gasteiger partial charge in [-0.25, -0.2) is 9.59 Å². The zero-order chi connectivity index (χ0) is 33.8. The molecule has 4 amide bonds. The van der Waals surface area contributed by atoms with Crippen molar-refractivity contribution in [1.82, 2.24) is 4.90 Å². The van der Waals surface area contributed by atoms with Gasteiger partial charge < -0.3 is 35.2 Å². The number of rotatable bonds is 8. The molecule has 47 heavy (non-hydrogen) atoms. The van der Waals surface area contributed by atoms with Gasteiger partial charge >= 0.3 is 12.1 Å².